The Balaban J connectivity index is 2.59. The number of carbonyl (C=O) groups is 1. The number of likely N-dealkylation sites (N-methyl/N-ethyl adjacent to an activating group) is 1. The van der Waals surface area contributed by atoms with Gasteiger partial charge in [0.25, 0.3) is 0 Å². The fourth-order valence-electron chi connectivity index (χ4n) is 1.81. The van der Waals surface area contributed by atoms with E-state index >= 15 is 0 Å². The van der Waals surface area contributed by atoms with Gasteiger partial charge in [-0.2, -0.15) is 0 Å². The first-order chi connectivity index (χ1) is 8.61. The standard InChI is InChI=1S/C13H13BrN2O2/c1-15-5-4-9-7-11(13(17)18)10-6-8(14)2-3-12(10)16-9/h2-3,6-7,15H,4-5H2,1H3,(H,17,18). The highest BCUT2D eigenvalue weighted by Crippen LogP contribution is 2.23. The second kappa shape index (κ2) is 5.46. The van der Waals surface area contributed by atoms with Crippen LogP contribution < -0.4 is 5.32 Å². The Labute approximate surface area is 113 Å². The normalized spacial score (nSPS) is 10.8. The second-order valence-corrected chi connectivity index (χ2v) is 4.90. The monoisotopic (exact) mass is 308 g/mol. The highest BCUT2D eigenvalue weighted by Gasteiger charge is 2.12. The van der Waals surface area contributed by atoms with Gasteiger partial charge in [0.2, 0.25) is 0 Å². The van der Waals surface area contributed by atoms with Crippen LogP contribution in [-0.2, 0) is 6.42 Å². The molecule has 1 heterocycles. The number of hydrogen-bond donors (Lipinski definition) is 2. The van der Waals surface area contributed by atoms with Crippen molar-refractivity contribution in [1.82, 2.24) is 10.3 Å². The molecule has 0 amide bonds. The SMILES string of the molecule is CNCCc1cc(C(=O)O)c2cc(Br)ccc2n1. The van der Waals surface area contributed by atoms with E-state index in [0.29, 0.717) is 22.9 Å². The summed E-state index contributed by atoms with van der Waals surface area (Å²) in [5.41, 5.74) is 1.80. The summed E-state index contributed by atoms with van der Waals surface area (Å²) in [5.74, 6) is -0.925. The third-order valence-electron chi connectivity index (χ3n) is 2.69. The smallest absolute Gasteiger partial charge is 0.336 e. The molecule has 0 radical (unpaired) electrons. The minimum absolute atomic E-state index is 0.299. The summed E-state index contributed by atoms with van der Waals surface area (Å²) in [4.78, 5) is 15.8. The molecule has 94 valence electrons. The fraction of sp³-hybridized carbons (Fsp3) is 0.231. The third kappa shape index (κ3) is 2.68. The van der Waals surface area contributed by atoms with Crippen LogP contribution in [0.3, 0.4) is 0 Å². The van der Waals surface area contributed by atoms with Crippen LogP contribution in [0.15, 0.2) is 28.7 Å². The summed E-state index contributed by atoms with van der Waals surface area (Å²) >= 11 is 3.35. The van der Waals surface area contributed by atoms with Crippen molar-refractivity contribution in [2.24, 2.45) is 0 Å². The molecule has 18 heavy (non-hydrogen) atoms. The summed E-state index contributed by atoms with van der Waals surface area (Å²) in [6.45, 7) is 0.772. The number of aromatic nitrogens is 1. The molecule has 2 N–H and O–H groups in total. The number of hydrogen-bond acceptors (Lipinski definition) is 3. The van der Waals surface area contributed by atoms with Crippen molar-refractivity contribution >= 4 is 32.8 Å². The molecule has 2 rings (SSSR count). The zero-order valence-corrected chi connectivity index (χ0v) is 11.5. The molecule has 0 unspecified atom stereocenters. The molecular weight excluding hydrogens is 296 g/mol. The van der Waals surface area contributed by atoms with Crippen LogP contribution in [0.1, 0.15) is 16.1 Å². The molecule has 2 aromatic rings. The van der Waals surface area contributed by atoms with Gasteiger partial charge in [-0.3, -0.25) is 4.98 Å². The van der Waals surface area contributed by atoms with Crippen molar-refractivity contribution in [2.75, 3.05) is 13.6 Å². The van der Waals surface area contributed by atoms with Crippen LogP contribution in [0.2, 0.25) is 0 Å². The van der Waals surface area contributed by atoms with Crippen LogP contribution in [0, 0.1) is 0 Å². The minimum Gasteiger partial charge on any atom is -0.478 e. The number of benzene rings is 1. The van der Waals surface area contributed by atoms with E-state index in [2.05, 4.69) is 26.2 Å². The first-order valence-corrected chi connectivity index (χ1v) is 6.38. The first kappa shape index (κ1) is 13.0. The van der Waals surface area contributed by atoms with E-state index in [4.69, 9.17) is 0 Å². The fourth-order valence-corrected chi connectivity index (χ4v) is 2.17. The lowest BCUT2D eigenvalue weighted by atomic mass is 10.1. The molecule has 0 aliphatic carbocycles. The molecule has 0 saturated carbocycles. The number of nitrogens with one attached hydrogen (secondary N) is 1. The van der Waals surface area contributed by atoms with Crippen molar-refractivity contribution in [3.8, 4) is 0 Å². The van der Waals surface area contributed by atoms with Gasteiger partial charge in [-0.05, 0) is 31.3 Å². The van der Waals surface area contributed by atoms with Crippen LogP contribution >= 0.6 is 15.9 Å². The quantitative estimate of drug-likeness (QED) is 0.911. The summed E-state index contributed by atoms with van der Waals surface area (Å²) in [6, 6.07) is 7.12. The predicted molar refractivity (Wildman–Crippen MR) is 74.0 cm³/mol. The average Bonchev–Trinajstić information content (AvgIpc) is 2.35. The lowest BCUT2D eigenvalue weighted by molar-refractivity contribution is 0.0699. The lowest BCUT2D eigenvalue weighted by Crippen LogP contribution is -2.12. The van der Waals surface area contributed by atoms with Crippen LogP contribution in [0.4, 0.5) is 0 Å². The summed E-state index contributed by atoms with van der Waals surface area (Å²) < 4.78 is 0.849. The maximum Gasteiger partial charge on any atom is 0.336 e. The third-order valence-corrected chi connectivity index (χ3v) is 3.18. The molecule has 4 nitrogen and oxygen atoms in total. The molecule has 1 aromatic heterocycles. The number of nitrogens with zero attached hydrogens (tertiary/aromatic N) is 1. The van der Waals surface area contributed by atoms with E-state index in [-0.39, 0.29) is 0 Å². The van der Waals surface area contributed by atoms with Gasteiger partial charge in [0, 0.05) is 28.5 Å². The number of carboxylic acids is 1. The summed E-state index contributed by atoms with van der Waals surface area (Å²) in [7, 11) is 1.86. The van der Waals surface area contributed by atoms with E-state index in [9.17, 15) is 9.90 Å². The molecule has 0 aliphatic heterocycles. The molecular formula is C13H13BrN2O2. The highest BCUT2D eigenvalue weighted by molar-refractivity contribution is 9.10. The molecule has 0 spiro atoms. The topological polar surface area (TPSA) is 62.2 Å². The summed E-state index contributed by atoms with van der Waals surface area (Å²) in [5, 5.41) is 12.9. The zero-order chi connectivity index (χ0) is 13.1. The van der Waals surface area contributed by atoms with Gasteiger partial charge in [-0.1, -0.05) is 15.9 Å². The highest BCUT2D eigenvalue weighted by atomic mass is 79.9. The van der Waals surface area contributed by atoms with Crippen molar-refractivity contribution in [2.45, 2.75) is 6.42 Å². The van der Waals surface area contributed by atoms with E-state index in [1.807, 2.05) is 19.2 Å². The molecule has 0 saturated heterocycles. The Morgan fingerprint density at radius 3 is 2.89 bits per heavy atom. The van der Waals surface area contributed by atoms with Crippen LogP contribution in [0.5, 0.6) is 0 Å². The van der Waals surface area contributed by atoms with Crippen LogP contribution in [-0.4, -0.2) is 29.7 Å². The number of fused-ring (bicyclic) bond motifs is 1. The van der Waals surface area contributed by atoms with Gasteiger partial charge < -0.3 is 10.4 Å². The Kier molecular flexibility index (Phi) is 3.93. The van der Waals surface area contributed by atoms with Gasteiger partial charge in [-0.15, -0.1) is 0 Å². The van der Waals surface area contributed by atoms with Crippen LogP contribution in [0.25, 0.3) is 10.9 Å². The van der Waals surface area contributed by atoms with E-state index in [1.165, 1.54) is 0 Å². The average molecular weight is 309 g/mol. The van der Waals surface area contributed by atoms with Crippen molar-refractivity contribution in [3.63, 3.8) is 0 Å². The number of pyridine rings is 1. The molecule has 0 aliphatic rings. The first-order valence-electron chi connectivity index (χ1n) is 5.59. The van der Waals surface area contributed by atoms with E-state index in [0.717, 1.165) is 16.7 Å². The van der Waals surface area contributed by atoms with Crippen molar-refractivity contribution in [1.29, 1.82) is 0 Å². The zero-order valence-electron chi connectivity index (χ0n) is 9.90. The second-order valence-electron chi connectivity index (χ2n) is 3.98. The van der Waals surface area contributed by atoms with Gasteiger partial charge >= 0.3 is 5.97 Å². The van der Waals surface area contributed by atoms with E-state index < -0.39 is 5.97 Å². The number of rotatable bonds is 4. The molecule has 0 fully saturated rings. The van der Waals surface area contributed by atoms with E-state index in [1.54, 1.807) is 12.1 Å². The number of carboxylic acid groups (broad SMARTS) is 1. The molecule has 5 heteroatoms. The minimum atomic E-state index is -0.925. The Bertz CT molecular complexity index is 599. The van der Waals surface area contributed by atoms with Crippen molar-refractivity contribution in [3.05, 3.63) is 40.0 Å². The summed E-state index contributed by atoms with van der Waals surface area (Å²) in [6.07, 6.45) is 0.711. The number of aromatic carboxylic acids is 1. The Hall–Kier alpha value is -1.46. The predicted octanol–water partition coefficient (Wildman–Crippen LogP) is 2.46. The van der Waals surface area contributed by atoms with Gasteiger partial charge in [-0.25, -0.2) is 4.79 Å². The largest absolute Gasteiger partial charge is 0.478 e. The number of halogens is 1. The maximum absolute atomic E-state index is 11.3. The van der Waals surface area contributed by atoms with Gasteiger partial charge in [0.1, 0.15) is 0 Å². The lowest BCUT2D eigenvalue weighted by Gasteiger charge is -2.07. The molecule has 0 atom stereocenters. The molecule has 0 bridgehead atoms. The molecule has 1 aromatic carbocycles. The van der Waals surface area contributed by atoms with Gasteiger partial charge in [0.15, 0.2) is 0 Å². The Morgan fingerprint density at radius 2 is 2.22 bits per heavy atom. The van der Waals surface area contributed by atoms with Gasteiger partial charge in [0.05, 0.1) is 11.1 Å². The maximum atomic E-state index is 11.3. The van der Waals surface area contributed by atoms with Crippen molar-refractivity contribution < 1.29 is 9.90 Å². The Morgan fingerprint density at radius 1 is 1.44 bits per heavy atom.